The van der Waals surface area contributed by atoms with Gasteiger partial charge in [-0.25, -0.2) is 0 Å². The van der Waals surface area contributed by atoms with E-state index in [1.54, 1.807) is 0 Å². The quantitative estimate of drug-likeness (QED) is 0.424. The monoisotopic (exact) mass is 174 g/mol. The Hall–Kier alpha value is 0.220. The molecular weight excluding hydrogens is 164 g/mol. The van der Waals surface area contributed by atoms with Crippen LogP contribution in [0.3, 0.4) is 0 Å². The highest BCUT2D eigenvalue weighted by Crippen LogP contribution is 2.19. The van der Waals surface area contributed by atoms with E-state index in [1.165, 1.54) is 24.6 Å². The van der Waals surface area contributed by atoms with Gasteiger partial charge in [0.2, 0.25) is 0 Å². The summed E-state index contributed by atoms with van der Waals surface area (Å²) in [6.07, 6.45) is 8.51. The molecule has 0 bridgehead atoms. The first-order valence-corrected chi connectivity index (χ1v) is 4.26. The van der Waals surface area contributed by atoms with E-state index < -0.39 is 0 Å². The van der Waals surface area contributed by atoms with E-state index >= 15 is 0 Å². The number of hydrogen-bond acceptors (Lipinski definition) is 0. The van der Waals surface area contributed by atoms with Crippen LogP contribution in [0.5, 0.6) is 0 Å². The van der Waals surface area contributed by atoms with Crippen molar-refractivity contribution in [2.24, 2.45) is 5.92 Å². The minimum absolute atomic E-state index is 0.917. The Morgan fingerprint density at radius 2 is 2.38 bits per heavy atom. The summed E-state index contributed by atoms with van der Waals surface area (Å²) in [6, 6.07) is 0. The van der Waals surface area contributed by atoms with Gasteiger partial charge >= 0.3 is 0 Å². The van der Waals surface area contributed by atoms with Crippen molar-refractivity contribution in [3.8, 4) is 0 Å². The zero-order valence-electron chi connectivity index (χ0n) is 4.94. The van der Waals surface area contributed by atoms with Gasteiger partial charge in [0.1, 0.15) is 0 Å². The van der Waals surface area contributed by atoms with Crippen LogP contribution in [0.15, 0.2) is 12.2 Å². The smallest absolute Gasteiger partial charge is 0.00627 e. The fourth-order valence-electron chi connectivity index (χ4n) is 0.996. The minimum atomic E-state index is 0.917. The highest BCUT2D eigenvalue weighted by Gasteiger charge is 2.05. The van der Waals surface area contributed by atoms with E-state index in [0.29, 0.717) is 0 Å². The molecule has 46 valence electrons. The van der Waals surface area contributed by atoms with Crippen LogP contribution in [0.1, 0.15) is 19.3 Å². The Bertz CT molecular complexity index is 86.4. The fourth-order valence-corrected chi connectivity index (χ4v) is 1.58. The van der Waals surface area contributed by atoms with Crippen LogP contribution in [0.2, 0.25) is 0 Å². The summed E-state index contributed by atoms with van der Waals surface area (Å²) < 4.78 is 0. The standard InChI is InChI=1S/C7H11Br/c8-6-7-4-2-1-3-5-7/h1-2,7H,3-6H2/t7-/m1/s1. The van der Waals surface area contributed by atoms with Gasteiger partial charge in [0.05, 0.1) is 0 Å². The molecule has 1 heteroatoms. The molecular formula is C7H11Br. The number of hydrogen-bond donors (Lipinski definition) is 0. The maximum Gasteiger partial charge on any atom is 0.00627 e. The number of halogens is 1. The first-order chi connectivity index (χ1) is 3.93. The second-order valence-corrected chi connectivity index (χ2v) is 2.95. The van der Waals surface area contributed by atoms with E-state index in [1.807, 2.05) is 0 Å². The topological polar surface area (TPSA) is 0 Å². The Morgan fingerprint density at radius 1 is 1.50 bits per heavy atom. The third-order valence-corrected chi connectivity index (χ3v) is 2.51. The first-order valence-electron chi connectivity index (χ1n) is 3.14. The molecule has 0 aromatic heterocycles. The van der Waals surface area contributed by atoms with Gasteiger partial charge in [0.15, 0.2) is 0 Å². The van der Waals surface area contributed by atoms with Crippen LogP contribution < -0.4 is 0 Å². The molecule has 0 heterocycles. The summed E-state index contributed by atoms with van der Waals surface area (Å²) in [5, 5.41) is 1.18. The molecule has 0 spiro atoms. The normalized spacial score (nSPS) is 28.4. The Kier molecular flexibility index (Phi) is 2.60. The van der Waals surface area contributed by atoms with Gasteiger partial charge in [-0.2, -0.15) is 0 Å². The van der Waals surface area contributed by atoms with E-state index in [-0.39, 0.29) is 0 Å². The van der Waals surface area contributed by atoms with Gasteiger partial charge in [-0.05, 0) is 25.2 Å². The van der Waals surface area contributed by atoms with E-state index in [0.717, 1.165) is 5.92 Å². The first kappa shape index (κ1) is 6.34. The summed E-state index contributed by atoms with van der Waals surface area (Å²) in [5.74, 6) is 0.917. The highest BCUT2D eigenvalue weighted by atomic mass is 79.9. The maximum absolute atomic E-state index is 3.48. The average molecular weight is 175 g/mol. The molecule has 1 aliphatic rings. The van der Waals surface area contributed by atoms with Gasteiger partial charge in [0.25, 0.3) is 0 Å². The van der Waals surface area contributed by atoms with Crippen molar-refractivity contribution in [1.82, 2.24) is 0 Å². The highest BCUT2D eigenvalue weighted by molar-refractivity contribution is 9.09. The Balaban J connectivity index is 2.27. The third-order valence-electron chi connectivity index (χ3n) is 1.60. The lowest BCUT2D eigenvalue weighted by atomic mass is 9.97. The van der Waals surface area contributed by atoms with E-state index in [4.69, 9.17) is 0 Å². The lowest BCUT2D eigenvalue weighted by molar-refractivity contribution is 0.539. The van der Waals surface area contributed by atoms with Crippen molar-refractivity contribution < 1.29 is 0 Å². The molecule has 1 aliphatic carbocycles. The largest absolute Gasteiger partial charge is 0.0925 e. The predicted octanol–water partition coefficient (Wildman–Crippen LogP) is 2.74. The molecule has 1 rings (SSSR count). The van der Waals surface area contributed by atoms with Crippen molar-refractivity contribution >= 4 is 15.9 Å². The van der Waals surface area contributed by atoms with Gasteiger partial charge in [-0.3, -0.25) is 0 Å². The second-order valence-electron chi connectivity index (χ2n) is 2.30. The molecule has 8 heavy (non-hydrogen) atoms. The van der Waals surface area contributed by atoms with Crippen LogP contribution in [0, 0.1) is 5.92 Å². The third kappa shape index (κ3) is 1.62. The summed E-state index contributed by atoms with van der Waals surface area (Å²) in [4.78, 5) is 0. The second kappa shape index (κ2) is 3.29. The van der Waals surface area contributed by atoms with Crippen LogP contribution >= 0.6 is 15.9 Å². The molecule has 0 aliphatic heterocycles. The van der Waals surface area contributed by atoms with Gasteiger partial charge < -0.3 is 0 Å². The summed E-state index contributed by atoms with van der Waals surface area (Å²) in [5.41, 5.74) is 0. The predicted molar refractivity (Wildman–Crippen MR) is 40.3 cm³/mol. The van der Waals surface area contributed by atoms with Crippen molar-refractivity contribution in [3.63, 3.8) is 0 Å². The summed E-state index contributed by atoms with van der Waals surface area (Å²) in [6.45, 7) is 0. The zero-order chi connectivity index (χ0) is 5.82. The molecule has 0 aromatic rings. The molecule has 0 nitrogen and oxygen atoms in total. The van der Waals surface area contributed by atoms with E-state index in [9.17, 15) is 0 Å². The van der Waals surface area contributed by atoms with Crippen molar-refractivity contribution in [2.45, 2.75) is 19.3 Å². The van der Waals surface area contributed by atoms with Crippen LogP contribution in [-0.2, 0) is 0 Å². The lowest BCUT2D eigenvalue weighted by Gasteiger charge is -2.13. The van der Waals surface area contributed by atoms with E-state index in [2.05, 4.69) is 28.1 Å². The molecule has 0 radical (unpaired) electrons. The number of allylic oxidation sites excluding steroid dienone is 2. The molecule has 0 saturated heterocycles. The van der Waals surface area contributed by atoms with Gasteiger partial charge in [0, 0.05) is 5.33 Å². The Morgan fingerprint density at radius 3 is 2.75 bits per heavy atom. The van der Waals surface area contributed by atoms with Crippen LogP contribution in [0.4, 0.5) is 0 Å². The molecule has 0 aromatic carbocycles. The summed E-state index contributed by atoms with van der Waals surface area (Å²) >= 11 is 3.48. The SMILES string of the molecule is BrC[C@@H]1CC=CCC1. The van der Waals surface area contributed by atoms with Crippen LogP contribution in [0.25, 0.3) is 0 Å². The number of rotatable bonds is 1. The fraction of sp³-hybridized carbons (Fsp3) is 0.714. The van der Waals surface area contributed by atoms with Gasteiger partial charge in [-0.1, -0.05) is 28.1 Å². The minimum Gasteiger partial charge on any atom is -0.0925 e. The molecule has 0 fully saturated rings. The average Bonchev–Trinajstić information content (AvgIpc) is 1.90. The molecule has 0 saturated carbocycles. The molecule has 0 amide bonds. The zero-order valence-corrected chi connectivity index (χ0v) is 6.52. The Labute approximate surface area is 59.1 Å². The molecule has 0 N–H and O–H groups in total. The summed E-state index contributed by atoms with van der Waals surface area (Å²) in [7, 11) is 0. The number of alkyl halides is 1. The molecule has 1 atom stereocenters. The lowest BCUT2D eigenvalue weighted by Crippen LogP contribution is -2.02. The van der Waals surface area contributed by atoms with Crippen molar-refractivity contribution in [1.29, 1.82) is 0 Å². The molecule has 0 unspecified atom stereocenters. The maximum atomic E-state index is 3.48. The van der Waals surface area contributed by atoms with Crippen LogP contribution in [-0.4, -0.2) is 5.33 Å². The van der Waals surface area contributed by atoms with Crippen molar-refractivity contribution in [2.75, 3.05) is 5.33 Å². The van der Waals surface area contributed by atoms with Gasteiger partial charge in [-0.15, -0.1) is 0 Å². The van der Waals surface area contributed by atoms with Crippen molar-refractivity contribution in [3.05, 3.63) is 12.2 Å².